The molecule has 2 fully saturated rings. The molecule has 1 saturated heterocycles. The number of ether oxygens (including phenoxy) is 1. The minimum absolute atomic E-state index is 0.153. The van der Waals surface area contributed by atoms with Gasteiger partial charge in [-0.1, -0.05) is 56.7 Å². The maximum atomic E-state index is 13.0. The second kappa shape index (κ2) is 9.46. The van der Waals surface area contributed by atoms with Gasteiger partial charge in [-0.3, -0.25) is 0 Å². The fourth-order valence-electron chi connectivity index (χ4n) is 4.08. The fourth-order valence-corrected chi connectivity index (χ4v) is 5.86. The predicted molar refractivity (Wildman–Crippen MR) is 109 cm³/mol. The van der Waals surface area contributed by atoms with Gasteiger partial charge >= 0.3 is 6.09 Å². The van der Waals surface area contributed by atoms with Crippen LogP contribution in [0.3, 0.4) is 0 Å². The molecule has 1 atom stereocenters. The van der Waals surface area contributed by atoms with E-state index in [1.165, 1.54) is 35.7 Å². The molecule has 1 amide bonds. The van der Waals surface area contributed by atoms with Crippen LogP contribution in [0.15, 0.2) is 29.2 Å². The van der Waals surface area contributed by atoms with E-state index in [1.54, 1.807) is 19.1 Å². The molecule has 0 spiro atoms. The van der Waals surface area contributed by atoms with E-state index in [0.717, 1.165) is 25.7 Å². The van der Waals surface area contributed by atoms with Crippen molar-refractivity contribution in [2.75, 3.05) is 19.6 Å². The van der Waals surface area contributed by atoms with Gasteiger partial charge in [-0.2, -0.15) is 4.31 Å². The van der Waals surface area contributed by atoms with Crippen molar-refractivity contribution < 1.29 is 17.9 Å². The molecule has 28 heavy (non-hydrogen) atoms. The van der Waals surface area contributed by atoms with Crippen molar-refractivity contribution in [3.05, 3.63) is 29.3 Å². The van der Waals surface area contributed by atoms with Crippen LogP contribution in [-0.2, 0) is 14.8 Å². The fraction of sp³-hybridized carbons (Fsp3) is 0.650. The molecule has 1 saturated carbocycles. The largest absolute Gasteiger partial charge is 0.443 e. The number of sulfonamides is 1. The summed E-state index contributed by atoms with van der Waals surface area (Å²) in [6, 6.07) is 6.45. The van der Waals surface area contributed by atoms with Crippen molar-refractivity contribution in [1.82, 2.24) is 9.21 Å². The van der Waals surface area contributed by atoms with Gasteiger partial charge in [-0.15, -0.1) is 0 Å². The highest BCUT2D eigenvalue weighted by molar-refractivity contribution is 7.89. The maximum absolute atomic E-state index is 13.0. The van der Waals surface area contributed by atoms with E-state index in [0.29, 0.717) is 18.1 Å². The summed E-state index contributed by atoms with van der Waals surface area (Å²) < 4.78 is 32.8. The summed E-state index contributed by atoms with van der Waals surface area (Å²) in [6.45, 7) is 2.68. The number of hydrogen-bond acceptors (Lipinski definition) is 4. The number of benzene rings is 1. The molecule has 1 aliphatic heterocycles. The van der Waals surface area contributed by atoms with Crippen molar-refractivity contribution in [3.8, 4) is 0 Å². The number of halogens is 1. The number of likely N-dealkylation sites (N-methyl/N-ethyl adjacent to an activating group) is 1. The van der Waals surface area contributed by atoms with Gasteiger partial charge in [0, 0.05) is 17.6 Å². The summed E-state index contributed by atoms with van der Waals surface area (Å²) >= 11 is 5.96. The number of rotatable bonds is 6. The third-order valence-electron chi connectivity index (χ3n) is 5.61. The Labute approximate surface area is 172 Å². The summed E-state index contributed by atoms with van der Waals surface area (Å²) in [5.74, 6) is 0. The lowest BCUT2D eigenvalue weighted by atomic mass is 9.96. The van der Waals surface area contributed by atoms with E-state index < -0.39 is 16.1 Å². The zero-order chi connectivity index (χ0) is 20.1. The van der Waals surface area contributed by atoms with Crippen LogP contribution in [0.5, 0.6) is 0 Å². The smallest absolute Gasteiger partial charge is 0.410 e. The van der Waals surface area contributed by atoms with Crippen molar-refractivity contribution in [1.29, 1.82) is 0 Å². The molecule has 8 heteroatoms. The quantitative estimate of drug-likeness (QED) is 0.678. The minimum Gasteiger partial charge on any atom is -0.443 e. The first-order valence-corrected chi connectivity index (χ1v) is 12.0. The summed E-state index contributed by atoms with van der Waals surface area (Å²) in [5, 5.41) is 0.375. The summed E-state index contributed by atoms with van der Waals surface area (Å²) in [5.41, 5.74) is 0. The Morgan fingerprint density at radius 1 is 1.18 bits per heavy atom. The molecular weight excluding hydrogens is 400 g/mol. The van der Waals surface area contributed by atoms with Crippen molar-refractivity contribution in [2.24, 2.45) is 0 Å². The molecule has 0 unspecified atom stereocenters. The average Bonchev–Trinajstić information content (AvgIpc) is 2.99. The second-order valence-electron chi connectivity index (χ2n) is 7.57. The lowest BCUT2D eigenvalue weighted by molar-refractivity contribution is 0.118. The second-order valence-corrected chi connectivity index (χ2v) is 9.94. The van der Waals surface area contributed by atoms with Gasteiger partial charge in [0.1, 0.15) is 6.10 Å². The monoisotopic (exact) mass is 428 g/mol. The lowest BCUT2D eigenvalue weighted by Gasteiger charge is -2.27. The first-order chi connectivity index (χ1) is 13.4. The summed E-state index contributed by atoms with van der Waals surface area (Å²) in [7, 11) is -3.69. The standard InChI is InChI=1S/C20H29ClN2O4S/c1-2-22(28(25,26)19-12-8-9-16(21)13-19)14-18-15-23(20(24)27-18)17-10-6-4-3-5-7-11-17/h8-9,12-13,17-18H,2-7,10-11,14-15H2,1H3/t18-/m1/s1. The van der Waals surface area contributed by atoms with Crippen LogP contribution < -0.4 is 0 Å². The molecule has 1 aromatic carbocycles. The Morgan fingerprint density at radius 3 is 2.50 bits per heavy atom. The van der Waals surface area contributed by atoms with E-state index in [2.05, 4.69) is 0 Å². The number of nitrogens with zero attached hydrogens (tertiary/aromatic N) is 2. The Hall–Kier alpha value is -1.31. The molecule has 0 N–H and O–H groups in total. The number of cyclic esters (lactones) is 1. The third-order valence-corrected chi connectivity index (χ3v) is 7.78. The van der Waals surface area contributed by atoms with Gasteiger partial charge in [-0.25, -0.2) is 13.2 Å². The van der Waals surface area contributed by atoms with E-state index in [1.807, 2.05) is 4.90 Å². The van der Waals surface area contributed by atoms with E-state index in [-0.39, 0.29) is 23.6 Å². The molecule has 1 aromatic rings. The predicted octanol–water partition coefficient (Wildman–Crippen LogP) is 4.28. The Kier molecular flexibility index (Phi) is 7.23. The van der Waals surface area contributed by atoms with E-state index >= 15 is 0 Å². The summed E-state index contributed by atoms with van der Waals surface area (Å²) in [4.78, 5) is 14.4. The van der Waals surface area contributed by atoms with Gasteiger partial charge in [0.05, 0.1) is 18.0 Å². The van der Waals surface area contributed by atoms with Crippen LogP contribution >= 0.6 is 11.6 Å². The lowest BCUT2D eigenvalue weighted by Crippen LogP contribution is -2.40. The SMILES string of the molecule is CCN(C[C@@H]1CN(C2CCCCCCC2)C(=O)O1)S(=O)(=O)c1cccc(Cl)c1. The number of carbonyl (C=O) groups excluding carboxylic acids is 1. The van der Waals surface area contributed by atoms with Crippen molar-refractivity contribution >= 4 is 27.7 Å². The Balaban J connectivity index is 1.67. The Bertz CT molecular complexity index is 778. The molecular formula is C20H29ClN2O4S. The molecule has 1 heterocycles. The Morgan fingerprint density at radius 2 is 1.86 bits per heavy atom. The van der Waals surface area contributed by atoms with Gasteiger partial charge in [-0.05, 0) is 31.0 Å². The van der Waals surface area contributed by atoms with Gasteiger partial charge in [0.2, 0.25) is 10.0 Å². The summed E-state index contributed by atoms with van der Waals surface area (Å²) in [6.07, 6.45) is 7.19. The average molecular weight is 429 g/mol. The van der Waals surface area contributed by atoms with Crippen molar-refractivity contribution in [3.63, 3.8) is 0 Å². The molecule has 3 rings (SSSR count). The van der Waals surface area contributed by atoms with Gasteiger partial charge < -0.3 is 9.64 Å². The maximum Gasteiger partial charge on any atom is 0.410 e. The number of amides is 1. The zero-order valence-electron chi connectivity index (χ0n) is 16.3. The highest BCUT2D eigenvalue weighted by Crippen LogP contribution is 2.27. The van der Waals surface area contributed by atoms with Crippen LogP contribution in [0.1, 0.15) is 51.9 Å². The number of hydrogen-bond donors (Lipinski definition) is 0. The first-order valence-electron chi connectivity index (χ1n) is 10.1. The molecule has 0 bridgehead atoms. The molecule has 6 nitrogen and oxygen atoms in total. The highest BCUT2D eigenvalue weighted by Gasteiger charge is 2.38. The first kappa shape index (κ1) is 21.4. The van der Waals surface area contributed by atoms with Crippen LogP contribution in [-0.4, -0.2) is 55.5 Å². The third kappa shape index (κ3) is 4.99. The molecule has 1 aliphatic carbocycles. The van der Waals surface area contributed by atoms with Gasteiger partial charge in [0.15, 0.2) is 0 Å². The minimum atomic E-state index is -3.69. The van der Waals surface area contributed by atoms with Crippen LogP contribution in [0, 0.1) is 0 Å². The molecule has 156 valence electrons. The van der Waals surface area contributed by atoms with Gasteiger partial charge in [0.25, 0.3) is 0 Å². The highest BCUT2D eigenvalue weighted by atomic mass is 35.5. The van der Waals surface area contributed by atoms with E-state index in [4.69, 9.17) is 16.3 Å². The van der Waals surface area contributed by atoms with Crippen LogP contribution in [0.25, 0.3) is 0 Å². The zero-order valence-corrected chi connectivity index (χ0v) is 17.9. The van der Waals surface area contributed by atoms with E-state index in [9.17, 15) is 13.2 Å². The van der Waals surface area contributed by atoms with Crippen molar-refractivity contribution in [2.45, 2.75) is 68.9 Å². The molecule has 0 radical (unpaired) electrons. The topological polar surface area (TPSA) is 66.9 Å². The van der Waals surface area contributed by atoms with Crippen LogP contribution in [0.4, 0.5) is 4.79 Å². The molecule has 2 aliphatic rings. The normalized spacial score (nSPS) is 22.2. The number of carbonyl (C=O) groups is 1. The molecule has 0 aromatic heterocycles. The van der Waals surface area contributed by atoms with Crippen LogP contribution in [0.2, 0.25) is 5.02 Å².